The van der Waals surface area contributed by atoms with Gasteiger partial charge in [0, 0.05) is 6.26 Å². The van der Waals surface area contributed by atoms with Crippen molar-refractivity contribution < 1.29 is 17.9 Å². The monoisotopic (exact) mass is 400 g/mol. The van der Waals surface area contributed by atoms with Crippen LogP contribution in [-0.4, -0.2) is 26.9 Å². The van der Waals surface area contributed by atoms with Crippen LogP contribution in [0.5, 0.6) is 11.5 Å². The fourth-order valence-corrected chi connectivity index (χ4v) is 4.77. The van der Waals surface area contributed by atoms with Gasteiger partial charge in [-0.1, -0.05) is 18.2 Å². The second-order valence-corrected chi connectivity index (χ2v) is 10.0. The van der Waals surface area contributed by atoms with Crippen molar-refractivity contribution in [3.63, 3.8) is 0 Å². The minimum Gasteiger partial charge on any atom is -0.487 e. The molecular formula is C23H28O4S. The SMILES string of the molecule is CS(=O)(=O)c1ccc(-c2ccc(OC3CCCC3)c(OC3CCCC3)c2)cc1. The molecule has 2 aromatic carbocycles. The van der Waals surface area contributed by atoms with Crippen molar-refractivity contribution in [2.75, 3.05) is 6.26 Å². The summed E-state index contributed by atoms with van der Waals surface area (Å²) in [7, 11) is -3.19. The van der Waals surface area contributed by atoms with E-state index in [4.69, 9.17) is 9.47 Å². The Labute approximate surface area is 167 Å². The molecule has 4 nitrogen and oxygen atoms in total. The summed E-state index contributed by atoms with van der Waals surface area (Å²) in [5.74, 6) is 1.64. The molecule has 0 radical (unpaired) electrons. The molecule has 0 heterocycles. The quantitative estimate of drug-likeness (QED) is 0.651. The Kier molecular flexibility index (Phi) is 5.63. The van der Waals surface area contributed by atoms with E-state index in [1.54, 1.807) is 12.1 Å². The summed E-state index contributed by atoms with van der Waals surface area (Å²) in [6.45, 7) is 0. The highest BCUT2D eigenvalue weighted by Gasteiger charge is 2.22. The number of benzene rings is 2. The smallest absolute Gasteiger partial charge is 0.175 e. The Hall–Kier alpha value is -2.01. The number of ether oxygens (including phenoxy) is 2. The molecular weight excluding hydrogens is 372 g/mol. The van der Waals surface area contributed by atoms with Crippen molar-refractivity contribution in [2.24, 2.45) is 0 Å². The molecule has 5 heteroatoms. The summed E-state index contributed by atoms with van der Waals surface area (Å²) in [5.41, 5.74) is 1.97. The average molecular weight is 401 g/mol. The molecule has 0 aliphatic heterocycles. The maximum atomic E-state index is 11.7. The highest BCUT2D eigenvalue weighted by Crippen LogP contribution is 2.37. The second kappa shape index (κ2) is 8.16. The van der Waals surface area contributed by atoms with E-state index in [0.717, 1.165) is 48.3 Å². The maximum Gasteiger partial charge on any atom is 0.175 e. The molecule has 0 atom stereocenters. The summed E-state index contributed by atoms with van der Waals surface area (Å²) < 4.78 is 36.0. The Balaban J connectivity index is 1.62. The van der Waals surface area contributed by atoms with Crippen LogP contribution in [-0.2, 0) is 9.84 Å². The van der Waals surface area contributed by atoms with Gasteiger partial charge < -0.3 is 9.47 Å². The molecule has 2 aliphatic rings. The first-order valence-electron chi connectivity index (χ1n) is 10.3. The van der Waals surface area contributed by atoms with Crippen LogP contribution in [0.4, 0.5) is 0 Å². The zero-order chi connectivity index (χ0) is 19.6. The van der Waals surface area contributed by atoms with E-state index < -0.39 is 9.84 Å². The molecule has 0 saturated heterocycles. The van der Waals surface area contributed by atoms with Crippen molar-refractivity contribution in [1.29, 1.82) is 0 Å². The molecule has 28 heavy (non-hydrogen) atoms. The van der Waals surface area contributed by atoms with E-state index in [-0.39, 0.29) is 12.2 Å². The van der Waals surface area contributed by atoms with Crippen LogP contribution < -0.4 is 9.47 Å². The van der Waals surface area contributed by atoms with Crippen LogP contribution >= 0.6 is 0 Å². The first kappa shape index (κ1) is 19.3. The standard InChI is InChI=1S/C23H28O4S/c1-28(24,25)21-13-10-17(11-14-21)18-12-15-22(26-19-6-2-3-7-19)23(16-18)27-20-8-4-5-9-20/h10-16,19-20H,2-9H2,1H3. The highest BCUT2D eigenvalue weighted by atomic mass is 32.2. The van der Waals surface area contributed by atoms with E-state index in [1.807, 2.05) is 30.3 Å². The molecule has 0 N–H and O–H groups in total. The normalized spacial score (nSPS) is 18.5. The predicted octanol–water partition coefficient (Wildman–Crippen LogP) is 5.40. The third-order valence-electron chi connectivity index (χ3n) is 5.75. The molecule has 2 saturated carbocycles. The molecule has 4 rings (SSSR count). The molecule has 2 aromatic rings. The molecule has 0 unspecified atom stereocenters. The van der Waals surface area contributed by atoms with Gasteiger partial charge in [-0.2, -0.15) is 0 Å². The zero-order valence-corrected chi connectivity index (χ0v) is 17.2. The summed E-state index contributed by atoms with van der Waals surface area (Å²) in [4.78, 5) is 0.333. The molecule has 0 bridgehead atoms. The van der Waals surface area contributed by atoms with Crippen LogP contribution in [0.1, 0.15) is 51.4 Å². The summed E-state index contributed by atoms with van der Waals surface area (Å²) in [6, 6.07) is 13.1. The van der Waals surface area contributed by atoms with Crippen molar-refractivity contribution in [3.8, 4) is 22.6 Å². The number of rotatable bonds is 6. The second-order valence-electron chi connectivity index (χ2n) is 8.01. The lowest BCUT2D eigenvalue weighted by molar-refractivity contribution is 0.170. The molecule has 2 fully saturated rings. The minimum absolute atomic E-state index is 0.258. The fourth-order valence-electron chi connectivity index (χ4n) is 4.14. The van der Waals surface area contributed by atoms with Gasteiger partial charge in [0.15, 0.2) is 21.3 Å². The van der Waals surface area contributed by atoms with E-state index in [2.05, 4.69) is 0 Å². The first-order valence-corrected chi connectivity index (χ1v) is 12.2. The van der Waals surface area contributed by atoms with Crippen LogP contribution in [0.2, 0.25) is 0 Å². The van der Waals surface area contributed by atoms with Gasteiger partial charge in [0.2, 0.25) is 0 Å². The topological polar surface area (TPSA) is 52.6 Å². The van der Waals surface area contributed by atoms with Crippen molar-refractivity contribution in [3.05, 3.63) is 42.5 Å². The summed E-state index contributed by atoms with van der Waals surface area (Å²) in [5, 5.41) is 0. The van der Waals surface area contributed by atoms with Gasteiger partial charge in [-0.25, -0.2) is 8.42 Å². The number of hydrogen-bond donors (Lipinski definition) is 0. The average Bonchev–Trinajstić information content (AvgIpc) is 3.37. The van der Waals surface area contributed by atoms with Crippen molar-refractivity contribution in [2.45, 2.75) is 68.5 Å². The molecule has 150 valence electrons. The Bertz CT molecular complexity index is 906. The van der Waals surface area contributed by atoms with Gasteiger partial charge in [0.05, 0.1) is 17.1 Å². The number of hydrogen-bond acceptors (Lipinski definition) is 4. The van der Waals surface area contributed by atoms with Crippen molar-refractivity contribution >= 4 is 9.84 Å². The summed E-state index contributed by atoms with van der Waals surface area (Å²) in [6.07, 6.45) is 11.1. The lowest BCUT2D eigenvalue weighted by atomic mass is 10.1. The van der Waals surface area contributed by atoms with Gasteiger partial charge in [0.25, 0.3) is 0 Å². The molecule has 2 aliphatic carbocycles. The van der Waals surface area contributed by atoms with Crippen LogP contribution in [0.3, 0.4) is 0 Å². The van der Waals surface area contributed by atoms with Crippen LogP contribution in [0.15, 0.2) is 47.4 Å². The van der Waals surface area contributed by atoms with E-state index in [0.29, 0.717) is 4.90 Å². The Morgan fingerprint density at radius 1 is 0.714 bits per heavy atom. The van der Waals surface area contributed by atoms with Gasteiger partial charge in [-0.3, -0.25) is 0 Å². The van der Waals surface area contributed by atoms with Crippen LogP contribution in [0, 0.1) is 0 Å². The first-order chi connectivity index (χ1) is 13.5. The molecule has 0 spiro atoms. The largest absolute Gasteiger partial charge is 0.487 e. The Morgan fingerprint density at radius 2 is 1.21 bits per heavy atom. The summed E-state index contributed by atoms with van der Waals surface area (Å²) >= 11 is 0. The van der Waals surface area contributed by atoms with Crippen LogP contribution in [0.25, 0.3) is 11.1 Å². The minimum atomic E-state index is -3.19. The van der Waals surface area contributed by atoms with Gasteiger partial charge in [-0.15, -0.1) is 0 Å². The maximum absolute atomic E-state index is 11.7. The van der Waals surface area contributed by atoms with E-state index >= 15 is 0 Å². The zero-order valence-electron chi connectivity index (χ0n) is 16.4. The third-order valence-corrected chi connectivity index (χ3v) is 6.88. The highest BCUT2D eigenvalue weighted by molar-refractivity contribution is 7.90. The third kappa shape index (κ3) is 4.52. The van der Waals surface area contributed by atoms with Gasteiger partial charge in [0.1, 0.15) is 0 Å². The van der Waals surface area contributed by atoms with Crippen molar-refractivity contribution in [1.82, 2.24) is 0 Å². The van der Waals surface area contributed by atoms with Gasteiger partial charge >= 0.3 is 0 Å². The predicted molar refractivity (Wildman–Crippen MR) is 111 cm³/mol. The Morgan fingerprint density at radius 3 is 1.75 bits per heavy atom. The van der Waals surface area contributed by atoms with E-state index in [1.165, 1.54) is 31.9 Å². The lowest BCUT2D eigenvalue weighted by Crippen LogP contribution is -2.15. The number of sulfone groups is 1. The molecule has 0 aromatic heterocycles. The van der Waals surface area contributed by atoms with E-state index in [9.17, 15) is 8.42 Å². The lowest BCUT2D eigenvalue weighted by Gasteiger charge is -2.20. The molecule has 0 amide bonds. The fraction of sp³-hybridized carbons (Fsp3) is 0.478. The van der Waals surface area contributed by atoms with Gasteiger partial charge in [-0.05, 0) is 86.8 Å².